The standard InChI is InChI=1S/C8H19NO/c1-5-6(2)7(9)8(3,4)10/h6-7,10H,5,9H2,1-4H3/t6-,7-/m0/s1. The molecule has 3 N–H and O–H groups in total. The Kier molecular flexibility index (Phi) is 3.33. The van der Waals surface area contributed by atoms with Gasteiger partial charge in [0.25, 0.3) is 0 Å². The van der Waals surface area contributed by atoms with Crippen molar-refractivity contribution in [2.75, 3.05) is 0 Å². The second-order valence-electron chi connectivity index (χ2n) is 3.56. The Bertz CT molecular complexity index is 95.9. The minimum atomic E-state index is -0.741. The first-order valence-electron chi connectivity index (χ1n) is 3.87. The summed E-state index contributed by atoms with van der Waals surface area (Å²) in [6.45, 7) is 7.65. The van der Waals surface area contributed by atoms with Gasteiger partial charge in [0.05, 0.1) is 5.60 Å². The summed E-state index contributed by atoms with van der Waals surface area (Å²) in [6, 6.07) is -0.113. The molecule has 0 aliphatic heterocycles. The van der Waals surface area contributed by atoms with Gasteiger partial charge in [-0.25, -0.2) is 0 Å². The Balaban J connectivity index is 3.94. The van der Waals surface area contributed by atoms with Crippen LogP contribution in [0.3, 0.4) is 0 Å². The number of hydrogen-bond donors (Lipinski definition) is 2. The van der Waals surface area contributed by atoms with E-state index in [-0.39, 0.29) is 6.04 Å². The van der Waals surface area contributed by atoms with Gasteiger partial charge < -0.3 is 10.8 Å². The van der Waals surface area contributed by atoms with E-state index in [1.165, 1.54) is 0 Å². The summed E-state index contributed by atoms with van der Waals surface area (Å²) in [7, 11) is 0. The van der Waals surface area contributed by atoms with Crippen molar-refractivity contribution in [3.8, 4) is 0 Å². The molecule has 10 heavy (non-hydrogen) atoms. The fourth-order valence-corrected chi connectivity index (χ4v) is 0.950. The third-order valence-corrected chi connectivity index (χ3v) is 2.07. The average Bonchev–Trinajstić information content (AvgIpc) is 1.83. The van der Waals surface area contributed by atoms with Crippen LogP contribution in [0.2, 0.25) is 0 Å². The van der Waals surface area contributed by atoms with Gasteiger partial charge in [-0.1, -0.05) is 20.3 Å². The van der Waals surface area contributed by atoms with Gasteiger partial charge in [-0.3, -0.25) is 0 Å². The van der Waals surface area contributed by atoms with Gasteiger partial charge in [-0.05, 0) is 19.8 Å². The van der Waals surface area contributed by atoms with Crippen LogP contribution in [0.1, 0.15) is 34.1 Å². The molecule has 0 unspecified atom stereocenters. The quantitative estimate of drug-likeness (QED) is 0.625. The molecule has 0 saturated carbocycles. The zero-order valence-corrected chi connectivity index (χ0v) is 7.39. The highest BCUT2D eigenvalue weighted by Crippen LogP contribution is 2.16. The summed E-state index contributed by atoms with van der Waals surface area (Å²) in [6.07, 6.45) is 1.02. The van der Waals surface area contributed by atoms with Gasteiger partial charge in [0, 0.05) is 6.04 Å². The van der Waals surface area contributed by atoms with E-state index in [2.05, 4.69) is 13.8 Å². The van der Waals surface area contributed by atoms with E-state index in [9.17, 15) is 5.11 Å². The largest absolute Gasteiger partial charge is 0.389 e. The Morgan fingerprint density at radius 2 is 1.90 bits per heavy atom. The number of aliphatic hydroxyl groups is 1. The Morgan fingerprint density at radius 1 is 1.50 bits per heavy atom. The molecule has 0 bridgehead atoms. The lowest BCUT2D eigenvalue weighted by atomic mass is 9.87. The summed E-state index contributed by atoms with van der Waals surface area (Å²) in [5, 5.41) is 9.46. The lowest BCUT2D eigenvalue weighted by molar-refractivity contribution is 0.0326. The van der Waals surface area contributed by atoms with E-state index in [0.29, 0.717) is 5.92 Å². The molecule has 0 rings (SSSR count). The molecule has 0 heterocycles. The van der Waals surface area contributed by atoms with E-state index in [4.69, 9.17) is 5.73 Å². The lowest BCUT2D eigenvalue weighted by Crippen LogP contribution is -2.47. The minimum absolute atomic E-state index is 0.113. The summed E-state index contributed by atoms with van der Waals surface area (Å²) >= 11 is 0. The second kappa shape index (κ2) is 3.35. The molecule has 2 atom stereocenters. The fourth-order valence-electron chi connectivity index (χ4n) is 0.950. The van der Waals surface area contributed by atoms with Crippen LogP contribution in [0.5, 0.6) is 0 Å². The first-order chi connectivity index (χ1) is 4.39. The van der Waals surface area contributed by atoms with Crippen LogP contribution in [-0.2, 0) is 0 Å². The molecule has 0 fully saturated rings. The van der Waals surface area contributed by atoms with Crippen LogP contribution in [0.25, 0.3) is 0 Å². The molecule has 0 radical (unpaired) electrons. The highest BCUT2D eigenvalue weighted by atomic mass is 16.3. The van der Waals surface area contributed by atoms with Crippen molar-refractivity contribution < 1.29 is 5.11 Å². The Labute approximate surface area is 63.4 Å². The zero-order chi connectivity index (χ0) is 8.36. The smallest absolute Gasteiger partial charge is 0.0744 e. The molecule has 0 aromatic heterocycles. The van der Waals surface area contributed by atoms with E-state index in [0.717, 1.165) is 6.42 Å². The van der Waals surface area contributed by atoms with E-state index in [1.807, 2.05) is 0 Å². The highest BCUT2D eigenvalue weighted by molar-refractivity contribution is 4.83. The van der Waals surface area contributed by atoms with Gasteiger partial charge in [-0.2, -0.15) is 0 Å². The summed E-state index contributed by atoms with van der Waals surface area (Å²) in [5.74, 6) is 0.389. The van der Waals surface area contributed by atoms with Crippen molar-refractivity contribution in [2.45, 2.75) is 45.8 Å². The average molecular weight is 145 g/mol. The molecule has 0 aromatic rings. The SMILES string of the molecule is CC[C@H](C)[C@H](N)C(C)(C)O. The molecular formula is C8H19NO. The van der Waals surface area contributed by atoms with Crippen molar-refractivity contribution in [1.82, 2.24) is 0 Å². The second-order valence-corrected chi connectivity index (χ2v) is 3.56. The van der Waals surface area contributed by atoms with Gasteiger partial charge in [-0.15, -0.1) is 0 Å². The molecular weight excluding hydrogens is 126 g/mol. The van der Waals surface area contributed by atoms with Gasteiger partial charge in [0.2, 0.25) is 0 Å². The topological polar surface area (TPSA) is 46.2 Å². The van der Waals surface area contributed by atoms with Gasteiger partial charge in [0.15, 0.2) is 0 Å². The molecule has 0 spiro atoms. The molecule has 0 amide bonds. The molecule has 0 aromatic carbocycles. The third kappa shape index (κ3) is 2.67. The number of nitrogens with two attached hydrogens (primary N) is 1. The van der Waals surface area contributed by atoms with Crippen molar-refractivity contribution in [1.29, 1.82) is 0 Å². The van der Waals surface area contributed by atoms with Crippen LogP contribution in [0, 0.1) is 5.92 Å². The van der Waals surface area contributed by atoms with Crippen molar-refractivity contribution in [3.63, 3.8) is 0 Å². The van der Waals surface area contributed by atoms with Crippen molar-refractivity contribution >= 4 is 0 Å². The first-order valence-corrected chi connectivity index (χ1v) is 3.87. The molecule has 0 aliphatic carbocycles. The molecule has 2 heteroatoms. The maximum Gasteiger partial charge on any atom is 0.0744 e. The maximum absolute atomic E-state index is 9.46. The summed E-state index contributed by atoms with van der Waals surface area (Å²) in [4.78, 5) is 0. The third-order valence-electron chi connectivity index (χ3n) is 2.07. The van der Waals surface area contributed by atoms with Crippen LogP contribution in [-0.4, -0.2) is 16.7 Å². The van der Waals surface area contributed by atoms with Gasteiger partial charge >= 0.3 is 0 Å². The van der Waals surface area contributed by atoms with Crippen LogP contribution in [0.15, 0.2) is 0 Å². The predicted octanol–water partition coefficient (Wildman–Crippen LogP) is 1.13. The van der Waals surface area contributed by atoms with Crippen molar-refractivity contribution in [3.05, 3.63) is 0 Å². The lowest BCUT2D eigenvalue weighted by Gasteiger charge is -2.30. The minimum Gasteiger partial charge on any atom is -0.389 e. The maximum atomic E-state index is 9.46. The van der Waals surface area contributed by atoms with E-state index in [1.54, 1.807) is 13.8 Å². The molecule has 62 valence electrons. The van der Waals surface area contributed by atoms with E-state index >= 15 is 0 Å². The number of hydrogen-bond acceptors (Lipinski definition) is 2. The van der Waals surface area contributed by atoms with Crippen LogP contribution >= 0.6 is 0 Å². The van der Waals surface area contributed by atoms with Crippen LogP contribution in [0.4, 0.5) is 0 Å². The zero-order valence-electron chi connectivity index (χ0n) is 7.39. The fraction of sp³-hybridized carbons (Fsp3) is 1.00. The summed E-state index contributed by atoms with van der Waals surface area (Å²) in [5.41, 5.74) is 5.01. The number of rotatable bonds is 3. The monoisotopic (exact) mass is 145 g/mol. The van der Waals surface area contributed by atoms with Crippen molar-refractivity contribution in [2.24, 2.45) is 11.7 Å². The Morgan fingerprint density at radius 3 is 2.00 bits per heavy atom. The molecule has 2 nitrogen and oxygen atoms in total. The van der Waals surface area contributed by atoms with Gasteiger partial charge in [0.1, 0.15) is 0 Å². The highest BCUT2D eigenvalue weighted by Gasteiger charge is 2.26. The molecule has 0 saturated heterocycles. The predicted molar refractivity (Wildman–Crippen MR) is 43.7 cm³/mol. The first kappa shape index (κ1) is 9.92. The normalized spacial score (nSPS) is 18.6. The Hall–Kier alpha value is -0.0800. The van der Waals surface area contributed by atoms with Crippen LogP contribution < -0.4 is 5.73 Å². The summed E-state index contributed by atoms with van der Waals surface area (Å²) < 4.78 is 0. The molecule has 0 aliphatic rings. The van der Waals surface area contributed by atoms with E-state index < -0.39 is 5.60 Å².